The van der Waals surface area contributed by atoms with Gasteiger partial charge in [-0.1, -0.05) is 22.0 Å². The molecule has 58 valence electrons. The Morgan fingerprint density at radius 3 is 3.09 bits per heavy atom. The van der Waals surface area contributed by atoms with Crippen LogP contribution in [0.15, 0.2) is 22.7 Å². The topological polar surface area (TPSA) is 26.0 Å². The van der Waals surface area contributed by atoms with Gasteiger partial charge in [0, 0.05) is 10.5 Å². The molecule has 1 aliphatic carbocycles. The molecule has 0 bridgehead atoms. The fourth-order valence-electron chi connectivity index (χ4n) is 1.61. The SMILES string of the molecule is N[C@@H]1CCc2ccc(Br)cc21. The quantitative estimate of drug-likeness (QED) is 0.702. The smallest absolute Gasteiger partial charge is 0.0301 e. The normalized spacial score (nSPS) is 21.8. The summed E-state index contributed by atoms with van der Waals surface area (Å²) in [5, 5.41) is 0. The van der Waals surface area contributed by atoms with Gasteiger partial charge in [0.1, 0.15) is 0 Å². The van der Waals surface area contributed by atoms with E-state index in [1.807, 2.05) is 0 Å². The molecule has 11 heavy (non-hydrogen) atoms. The van der Waals surface area contributed by atoms with Crippen LogP contribution in [0.4, 0.5) is 0 Å². The second-order valence-corrected chi connectivity index (χ2v) is 3.90. The zero-order valence-electron chi connectivity index (χ0n) is 6.18. The Balaban J connectivity index is 2.52. The molecule has 0 spiro atoms. The number of hydrogen-bond donors (Lipinski definition) is 1. The van der Waals surface area contributed by atoms with Crippen molar-refractivity contribution in [3.05, 3.63) is 33.8 Å². The molecule has 0 aromatic heterocycles. The van der Waals surface area contributed by atoms with Crippen molar-refractivity contribution in [2.24, 2.45) is 5.73 Å². The van der Waals surface area contributed by atoms with Crippen LogP contribution in [0.5, 0.6) is 0 Å². The summed E-state index contributed by atoms with van der Waals surface area (Å²) in [6, 6.07) is 6.64. The molecule has 2 heteroatoms. The lowest BCUT2D eigenvalue weighted by Gasteiger charge is -2.03. The van der Waals surface area contributed by atoms with E-state index in [0.717, 1.165) is 17.3 Å². The summed E-state index contributed by atoms with van der Waals surface area (Å²) >= 11 is 3.44. The molecule has 0 saturated carbocycles. The summed E-state index contributed by atoms with van der Waals surface area (Å²) in [5.74, 6) is 0. The van der Waals surface area contributed by atoms with E-state index in [0.29, 0.717) is 0 Å². The Morgan fingerprint density at radius 2 is 2.27 bits per heavy atom. The van der Waals surface area contributed by atoms with E-state index >= 15 is 0 Å². The van der Waals surface area contributed by atoms with Crippen LogP contribution in [-0.2, 0) is 6.42 Å². The predicted molar refractivity (Wildman–Crippen MR) is 49.4 cm³/mol. The lowest BCUT2D eigenvalue weighted by Crippen LogP contribution is -2.04. The molecule has 0 fully saturated rings. The van der Waals surface area contributed by atoms with Crippen LogP contribution < -0.4 is 5.73 Å². The second kappa shape index (κ2) is 2.61. The number of hydrogen-bond acceptors (Lipinski definition) is 1. The highest BCUT2D eigenvalue weighted by Crippen LogP contribution is 2.30. The fraction of sp³-hybridized carbons (Fsp3) is 0.333. The zero-order chi connectivity index (χ0) is 7.84. The van der Waals surface area contributed by atoms with Crippen molar-refractivity contribution in [3.8, 4) is 0 Å². The van der Waals surface area contributed by atoms with E-state index in [4.69, 9.17) is 5.73 Å². The van der Waals surface area contributed by atoms with Crippen molar-refractivity contribution < 1.29 is 0 Å². The van der Waals surface area contributed by atoms with Gasteiger partial charge in [0.05, 0.1) is 0 Å². The van der Waals surface area contributed by atoms with E-state index < -0.39 is 0 Å². The first kappa shape index (κ1) is 7.32. The lowest BCUT2D eigenvalue weighted by atomic mass is 10.1. The van der Waals surface area contributed by atoms with Crippen molar-refractivity contribution in [1.82, 2.24) is 0 Å². The van der Waals surface area contributed by atoms with Crippen LogP contribution in [0.1, 0.15) is 23.6 Å². The van der Waals surface area contributed by atoms with Crippen LogP contribution in [0.25, 0.3) is 0 Å². The summed E-state index contributed by atoms with van der Waals surface area (Å²) in [5.41, 5.74) is 8.63. The van der Waals surface area contributed by atoms with Gasteiger partial charge in [0.2, 0.25) is 0 Å². The minimum Gasteiger partial charge on any atom is -0.324 e. The maximum Gasteiger partial charge on any atom is 0.0301 e. The molecule has 0 saturated heterocycles. The maximum atomic E-state index is 5.89. The molecular weight excluding hydrogens is 202 g/mol. The molecule has 1 atom stereocenters. The molecular formula is C9H10BrN. The van der Waals surface area contributed by atoms with Gasteiger partial charge < -0.3 is 5.73 Å². The van der Waals surface area contributed by atoms with Crippen LogP contribution in [0.3, 0.4) is 0 Å². The first-order valence-corrected chi connectivity index (χ1v) is 4.60. The maximum absolute atomic E-state index is 5.89. The van der Waals surface area contributed by atoms with Crippen molar-refractivity contribution in [1.29, 1.82) is 0 Å². The summed E-state index contributed by atoms with van der Waals surface area (Å²) < 4.78 is 1.13. The lowest BCUT2D eigenvalue weighted by molar-refractivity contribution is 0.713. The van der Waals surface area contributed by atoms with Gasteiger partial charge in [-0.25, -0.2) is 0 Å². The van der Waals surface area contributed by atoms with E-state index in [1.54, 1.807) is 0 Å². The van der Waals surface area contributed by atoms with E-state index in [-0.39, 0.29) is 6.04 Å². The number of halogens is 1. The largest absolute Gasteiger partial charge is 0.324 e. The van der Waals surface area contributed by atoms with E-state index in [9.17, 15) is 0 Å². The highest BCUT2D eigenvalue weighted by Gasteiger charge is 2.18. The molecule has 1 nitrogen and oxygen atoms in total. The number of benzene rings is 1. The van der Waals surface area contributed by atoms with Gasteiger partial charge in [-0.15, -0.1) is 0 Å². The highest BCUT2D eigenvalue weighted by molar-refractivity contribution is 9.10. The van der Waals surface area contributed by atoms with Gasteiger partial charge in [-0.3, -0.25) is 0 Å². The monoisotopic (exact) mass is 211 g/mol. The third-order valence-corrected chi connectivity index (χ3v) is 2.73. The minimum absolute atomic E-state index is 0.266. The second-order valence-electron chi connectivity index (χ2n) is 2.99. The fourth-order valence-corrected chi connectivity index (χ4v) is 1.98. The molecule has 1 aromatic rings. The summed E-state index contributed by atoms with van der Waals surface area (Å²) in [7, 11) is 0. The molecule has 1 aromatic carbocycles. The zero-order valence-corrected chi connectivity index (χ0v) is 7.76. The van der Waals surface area contributed by atoms with Crippen LogP contribution in [0.2, 0.25) is 0 Å². The Labute approximate surface area is 74.7 Å². The van der Waals surface area contributed by atoms with E-state index in [2.05, 4.69) is 34.1 Å². The van der Waals surface area contributed by atoms with Crippen LogP contribution in [-0.4, -0.2) is 0 Å². The molecule has 0 amide bonds. The van der Waals surface area contributed by atoms with Crippen LogP contribution >= 0.6 is 15.9 Å². The average molecular weight is 212 g/mol. The van der Waals surface area contributed by atoms with Gasteiger partial charge in [0.25, 0.3) is 0 Å². The van der Waals surface area contributed by atoms with Crippen molar-refractivity contribution in [2.75, 3.05) is 0 Å². The first-order valence-electron chi connectivity index (χ1n) is 3.81. The van der Waals surface area contributed by atoms with Crippen molar-refractivity contribution >= 4 is 15.9 Å². The third-order valence-electron chi connectivity index (χ3n) is 2.23. The summed E-state index contributed by atoms with van der Waals surface area (Å²) in [6.45, 7) is 0. The minimum atomic E-state index is 0.266. The molecule has 2 rings (SSSR count). The summed E-state index contributed by atoms with van der Waals surface area (Å²) in [6.07, 6.45) is 2.25. The molecule has 2 N–H and O–H groups in total. The molecule has 0 aliphatic heterocycles. The number of rotatable bonds is 0. The van der Waals surface area contributed by atoms with Crippen molar-refractivity contribution in [2.45, 2.75) is 18.9 Å². The summed E-state index contributed by atoms with van der Waals surface area (Å²) in [4.78, 5) is 0. The number of nitrogens with two attached hydrogens (primary N) is 1. The number of fused-ring (bicyclic) bond motifs is 1. The van der Waals surface area contributed by atoms with Gasteiger partial charge in [-0.05, 0) is 36.1 Å². The van der Waals surface area contributed by atoms with E-state index in [1.165, 1.54) is 11.1 Å². The first-order chi connectivity index (χ1) is 5.27. The standard InChI is InChI=1S/C9H10BrN/c10-7-3-1-6-2-4-9(11)8(6)5-7/h1,3,5,9H,2,4,11H2/t9-/m1/s1. The van der Waals surface area contributed by atoms with Crippen LogP contribution in [0, 0.1) is 0 Å². The molecule has 1 aliphatic rings. The Kier molecular flexibility index (Phi) is 1.74. The Bertz CT molecular complexity index is 283. The van der Waals surface area contributed by atoms with Crippen molar-refractivity contribution in [3.63, 3.8) is 0 Å². The van der Waals surface area contributed by atoms with Gasteiger partial charge in [0.15, 0.2) is 0 Å². The third kappa shape index (κ3) is 1.21. The Hall–Kier alpha value is -0.340. The predicted octanol–water partition coefficient (Wildman–Crippen LogP) is 2.40. The van der Waals surface area contributed by atoms with Gasteiger partial charge >= 0.3 is 0 Å². The van der Waals surface area contributed by atoms with Gasteiger partial charge in [-0.2, -0.15) is 0 Å². The molecule has 0 heterocycles. The highest BCUT2D eigenvalue weighted by atomic mass is 79.9. The number of aryl methyl sites for hydroxylation is 1. The molecule has 0 radical (unpaired) electrons. The average Bonchev–Trinajstić information content (AvgIpc) is 2.33. The molecule has 0 unspecified atom stereocenters. The Morgan fingerprint density at radius 1 is 1.45 bits per heavy atom.